The summed E-state index contributed by atoms with van der Waals surface area (Å²) in [6, 6.07) is 15.1. The van der Waals surface area contributed by atoms with E-state index >= 15 is 0 Å². The van der Waals surface area contributed by atoms with Gasteiger partial charge in [-0.3, -0.25) is 9.69 Å². The molecule has 0 saturated heterocycles. The van der Waals surface area contributed by atoms with Gasteiger partial charge in [-0.1, -0.05) is 35.9 Å². The maximum atomic E-state index is 12.9. The number of hydrogen-bond acceptors (Lipinski definition) is 5. The van der Waals surface area contributed by atoms with Gasteiger partial charge in [0.15, 0.2) is 0 Å². The van der Waals surface area contributed by atoms with Crippen LogP contribution in [0.2, 0.25) is 5.02 Å². The first-order valence-electron chi connectivity index (χ1n) is 9.22. The Kier molecular flexibility index (Phi) is 5.51. The van der Waals surface area contributed by atoms with Crippen LogP contribution in [-0.4, -0.2) is 41.5 Å². The van der Waals surface area contributed by atoms with E-state index in [-0.39, 0.29) is 24.6 Å². The van der Waals surface area contributed by atoms with Crippen LogP contribution in [0.4, 0.5) is 5.95 Å². The molecule has 1 aliphatic heterocycles. The summed E-state index contributed by atoms with van der Waals surface area (Å²) in [7, 11) is 3.13. The number of carbonyl (C=O) groups is 1. The first kappa shape index (κ1) is 19.4. The van der Waals surface area contributed by atoms with Crippen LogP contribution >= 0.6 is 11.6 Å². The summed E-state index contributed by atoms with van der Waals surface area (Å²) in [5.41, 5.74) is 2.04. The van der Waals surface area contributed by atoms with E-state index in [4.69, 9.17) is 21.1 Å². The molecule has 8 heteroatoms. The number of anilines is 1. The fourth-order valence-electron chi connectivity index (χ4n) is 3.74. The van der Waals surface area contributed by atoms with Gasteiger partial charge in [-0.15, -0.1) is 0 Å². The van der Waals surface area contributed by atoms with Crippen LogP contribution in [0.5, 0.6) is 5.75 Å². The van der Waals surface area contributed by atoms with Gasteiger partial charge >= 0.3 is 0 Å². The maximum absolute atomic E-state index is 12.9. The number of halogens is 1. The molecule has 0 spiro atoms. The zero-order valence-corrected chi connectivity index (χ0v) is 16.9. The van der Waals surface area contributed by atoms with Gasteiger partial charge in [-0.2, -0.15) is 10.1 Å². The van der Waals surface area contributed by atoms with Gasteiger partial charge in [0.1, 0.15) is 18.7 Å². The predicted octanol–water partition coefficient (Wildman–Crippen LogP) is 3.65. The first-order valence-corrected chi connectivity index (χ1v) is 9.60. The monoisotopic (exact) mass is 412 g/mol. The predicted molar refractivity (Wildman–Crippen MR) is 109 cm³/mol. The lowest BCUT2D eigenvalue weighted by atomic mass is 9.92. The van der Waals surface area contributed by atoms with Crippen molar-refractivity contribution >= 4 is 23.5 Å². The summed E-state index contributed by atoms with van der Waals surface area (Å²) in [5, 5.41) is 5.08. The lowest BCUT2D eigenvalue weighted by Crippen LogP contribution is -2.44. The minimum Gasteiger partial charge on any atom is -0.497 e. The number of fused-ring (bicyclic) bond motifs is 1. The average molecular weight is 413 g/mol. The van der Waals surface area contributed by atoms with Crippen LogP contribution < -0.4 is 9.64 Å². The molecule has 0 radical (unpaired) electrons. The van der Waals surface area contributed by atoms with Crippen molar-refractivity contribution in [2.75, 3.05) is 25.7 Å². The molecule has 0 saturated carbocycles. The number of ether oxygens (including phenoxy) is 2. The lowest BCUT2D eigenvalue weighted by Gasteiger charge is -2.39. The van der Waals surface area contributed by atoms with E-state index in [1.54, 1.807) is 16.7 Å². The van der Waals surface area contributed by atoms with Gasteiger partial charge in [0.2, 0.25) is 5.95 Å². The fourth-order valence-corrected chi connectivity index (χ4v) is 3.87. The highest BCUT2D eigenvalue weighted by molar-refractivity contribution is 6.30. The third kappa shape index (κ3) is 3.71. The van der Waals surface area contributed by atoms with E-state index in [0.29, 0.717) is 17.4 Å². The Hall–Kier alpha value is -2.90. The average Bonchev–Trinajstić information content (AvgIpc) is 3.23. The molecule has 0 N–H and O–H groups in total. The van der Waals surface area contributed by atoms with Crippen molar-refractivity contribution in [3.8, 4) is 5.75 Å². The van der Waals surface area contributed by atoms with E-state index in [1.165, 1.54) is 13.4 Å². The van der Waals surface area contributed by atoms with Crippen molar-refractivity contribution in [3.63, 3.8) is 0 Å². The second-order valence-electron chi connectivity index (χ2n) is 6.79. The van der Waals surface area contributed by atoms with Gasteiger partial charge in [-0.05, 0) is 41.8 Å². The molecule has 0 unspecified atom stereocenters. The van der Waals surface area contributed by atoms with Crippen LogP contribution in [-0.2, 0) is 9.53 Å². The third-order valence-corrected chi connectivity index (χ3v) is 5.37. The molecule has 1 aliphatic rings. The largest absolute Gasteiger partial charge is 0.497 e. The Morgan fingerprint density at radius 2 is 1.72 bits per heavy atom. The Balaban J connectivity index is 1.80. The standard InChI is InChI=1S/C21H21ClN4O3/c1-28-12-20(27)25-18(14-5-9-17(29-2)10-6-14)11-19(26-21(25)23-13-24-26)15-3-7-16(22)8-4-15/h3-10,13,18-19H,11-12H2,1-2H3/t18-,19+/m1/s1. The molecule has 2 atom stereocenters. The van der Waals surface area contributed by atoms with Crippen molar-refractivity contribution in [1.29, 1.82) is 0 Å². The summed E-state index contributed by atoms with van der Waals surface area (Å²) in [4.78, 5) is 19.0. The van der Waals surface area contributed by atoms with Crippen LogP contribution in [0.15, 0.2) is 54.9 Å². The minimum atomic E-state index is -0.221. The highest BCUT2D eigenvalue weighted by atomic mass is 35.5. The number of carbonyl (C=O) groups excluding carboxylic acids is 1. The third-order valence-electron chi connectivity index (χ3n) is 5.11. The van der Waals surface area contributed by atoms with E-state index in [2.05, 4.69) is 10.1 Å². The maximum Gasteiger partial charge on any atom is 0.255 e. The summed E-state index contributed by atoms with van der Waals surface area (Å²) in [6.45, 7) is -0.0366. The molecule has 150 valence electrons. The second-order valence-corrected chi connectivity index (χ2v) is 7.23. The lowest BCUT2D eigenvalue weighted by molar-refractivity contribution is -0.123. The van der Waals surface area contributed by atoms with Crippen LogP contribution in [0.1, 0.15) is 29.6 Å². The molecule has 29 heavy (non-hydrogen) atoms. The normalized spacial score (nSPS) is 18.4. The van der Waals surface area contributed by atoms with Crippen molar-refractivity contribution in [3.05, 3.63) is 71.0 Å². The molecule has 3 aromatic rings. The smallest absolute Gasteiger partial charge is 0.255 e. The van der Waals surface area contributed by atoms with Crippen molar-refractivity contribution in [2.24, 2.45) is 0 Å². The van der Waals surface area contributed by atoms with Crippen molar-refractivity contribution in [1.82, 2.24) is 14.8 Å². The van der Waals surface area contributed by atoms with E-state index in [0.717, 1.165) is 16.9 Å². The SMILES string of the molecule is COCC(=O)N1c2ncnn2[C@H](c2ccc(Cl)cc2)C[C@@H]1c1ccc(OC)cc1. The summed E-state index contributed by atoms with van der Waals surface area (Å²) in [6.07, 6.45) is 2.11. The molecule has 1 aromatic heterocycles. The molecular weight excluding hydrogens is 392 g/mol. The van der Waals surface area contributed by atoms with Crippen molar-refractivity contribution in [2.45, 2.75) is 18.5 Å². The van der Waals surface area contributed by atoms with Crippen LogP contribution in [0, 0.1) is 0 Å². The molecule has 0 bridgehead atoms. The van der Waals surface area contributed by atoms with E-state index in [1.807, 2.05) is 48.5 Å². The minimum absolute atomic E-state index is 0.0366. The number of methoxy groups -OCH3 is 2. The van der Waals surface area contributed by atoms with Gasteiger partial charge in [0, 0.05) is 12.1 Å². The molecule has 2 aromatic carbocycles. The molecule has 7 nitrogen and oxygen atoms in total. The Morgan fingerprint density at radius 1 is 1.07 bits per heavy atom. The van der Waals surface area contributed by atoms with Gasteiger partial charge in [0.05, 0.1) is 19.2 Å². The molecule has 0 aliphatic carbocycles. The number of nitrogens with zero attached hydrogens (tertiary/aromatic N) is 4. The number of rotatable bonds is 5. The molecule has 1 amide bonds. The van der Waals surface area contributed by atoms with Gasteiger partial charge in [0.25, 0.3) is 5.91 Å². The number of hydrogen-bond donors (Lipinski definition) is 0. The molecule has 4 rings (SSSR count). The van der Waals surface area contributed by atoms with Gasteiger partial charge in [-0.25, -0.2) is 4.68 Å². The summed E-state index contributed by atoms with van der Waals surface area (Å²) >= 11 is 6.07. The number of aromatic nitrogens is 3. The summed E-state index contributed by atoms with van der Waals surface area (Å²) < 4.78 is 12.2. The van der Waals surface area contributed by atoms with Crippen LogP contribution in [0.3, 0.4) is 0 Å². The second kappa shape index (κ2) is 8.23. The Labute approximate surface area is 173 Å². The molecule has 2 heterocycles. The number of benzene rings is 2. The Morgan fingerprint density at radius 3 is 2.38 bits per heavy atom. The quantitative estimate of drug-likeness (QED) is 0.639. The van der Waals surface area contributed by atoms with Crippen molar-refractivity contribution < 1.29 is 14.3 Å². The molecule has 0 fully saturated rings. The zero-order valence-electron chi connectivity index (χ0n) is 16.2. The topological polar surface area (TPSA) is 69.5 Å². The Bertz CT molecular complexity index is 988. The number of amides is 1. The molecular formula is C21H21ClN4O3. The van der Waals surface area contributed by atoms with E-state index in [9.17, 15) is 4.79 Å². The van der Waals surface area contributed by atoms with Gasteiger partial charge < -0.3 is 9.47 Å². The highest BCUT2D eigenvalue weighted by Crippen LogP contribution is 2.42. The zero-order chi connectivity index (χ0) is 20.4. The highest BCUT2D eigenvalue weighted by Gasteiger charge is 2.39. The van der Waals surface area contributed by atoms with Crippen LogP contribution in [0.25, 0.3) is 0 Å². The summed E-state index contributed by atoms with van der Waals surface area (Å²) in [5.74, 6) is 1.09. The van der Waals surface area contributed by atoms with E-state index < -0.39 is 0 Å². The first-order chi connectivity index (χ1) is 14.1. The fraction of sp³-hybridized carbons (Fsp3) is 0.286.